The fourth-order valence-electron chi connectivity index (χ4n) is 1.71. The zero-order chi connectivity index (χ0) is 14.3. The smallest absolute Gasteiger partial charge is 0.315 e. The minimum absolute atomic E-state index is 0.0410. The van der Waals surface area contributed by atoms with Crippen LogP contribution in [0.5, 0.6) is 0 Å². The molecule has 0 aliphatic carbocycles. The molecule has 0 saturated heterocycles. The highest BCUT2D eigenvalue weighted by Gasteiger charge is 2.09. The Morgan fingerprint density at radius 3 is 2.68 bits per heavy atom. The van der Waals surface area contributed by atoms with Crippen LogP contribution < -0.4 is 10.6 Å². The molecule has 106 valence electrons. The van der Waals surface area contributed by atoms with Crippen LogP contribution in [0.3, 0.4) is 0 Å². The predicted molar refractivity (Wildman–Crippen MR) is 79.7 cm³/mol. The summed E-state index contributed by atoms with van der Waals surface area (Å²) < 4.78 is 0. The van der Waals surface area contributed by atoms with E-state index in [0.29, 0.717) is 6.54 Å². The Hall–Kier alpha value is -1.26. The zero-order valence-corrected chi connectivity index (χ0v) is 12.5. The van der Waals surface area contributed by atoms with Gasteiger partial charge in [-0.1, -0.05) is 29.8 Å². The lowest BCUT2D eigenvalue weighted by atomic mass is 10.1. The van der Waals surface area contributed by atoms with Crippen molar-refractivity contribution < 1.29 is 4.79 Å². The number of hydrogen-bond acceptors (Lipinski definition) is 2. The number of amides is 2. The van der Waals surface area contributed by atoms with E-state index >= 15 is 0 Å². The SMILES string of the molecule is CC(Cc1ccccc1Cl)NC(=O)NCCN(C)C. The lowest BCUT2D eigenvalue weighted by Crippen LogP contribution is -2.43. The van der Waals surface area contributed by atoms with Gasteiger partial charge in [0, 0.05) is 24.2 Å². The van der Waals surface area contributed by atoms with E-state index < -0.39 is 0 Å². The molecule has 0 fully saturated rings. The van der Waals surface area contributed by atoms with E-state index in [-0.39, 0.29) is 12.1 Å². The Morgan fingerprint density at radius 1 is 1.37 bits per heavy atom. The number of rotatable bonds is 6. The summed E-state index contributed by atoms with van der Waals surface area (Å²) >= 11 is 6.09. The highest BCUT2D eigenvalue weighted by atomic mass is 35.5. The molecule has 0 heterocycles. The van der Waals surface area contributed by atoms with Crippen molar-refractivity contribution in [3.05, 3.63) is 34.9 Å². The molecule has 0 aliphatic rings. The van der Waals surface area contributed by atoms with Crippen LogP contribution in [0, 0.1) is 0 Å². The maximum Gasteiger partial charge on any atom is 0.315 e. The number of nitrogens with zero attached hydrogens (tertiary/aromatic N) is 1. The van der Waals surface area contributed by atoms with Gasteiger partial charge in [-0.15, -0.1) is 0 Å². The van der Waals surface area contributed by atoms with Gasteiger partial charge in [-0.25, -0.2) is 4.79 Å². The van der Waals surface area contributed by atoms with Crippen molar-refractivity contribution in [2.75, 3.05) is 27.2 Å². The van der Waals surface area contributed by atoms with E-state index in [9.17, 15) is 4.79 Å². The summed E-state index contributed by atoms with van der Waals surface area (Å²) in [5, 5.41) is 6.46. The number of urea groups is 1. The lowest BCUT2D eigenvalue weighted by molar-refractivity contribution is 0.236. The van der Waals surface area contributed by atoms with Crippen LogP contribution in [-0.4, -0.2) is 44.2 Å². The van der Waals surface area contributed by atoms with Gasteiger partial charge in [-0.05, 0) is 39.1 Å². The van der Waals surface area contributed by atoms with Gasteiger partial charge < -0.3 is 15.5 Å². The number of carbonyl (C=O) groups is 1. The molecule has 5 heteroatoms. The number of halogens is 1. The third-order valence-corrected chi connectivity index (χ3v) is 3.07. The van der Waals surface area contributed by atoms with E-state index in [1.165, 1.54) is 0 Å². The molecule has 0 bridgehead atoms. The quantitative estimate of drug-likeness (QED) is 0.840. The zero-order valence-electron chi connectivity index (χ0n) is 11.7. The second-order valence-corrected chi connectivity index (χ2v) is 5.31. The van der Waals surface area contributed by atoms with E-state index in [4.69, 9.17) is 11.6 Å². The molecule has 1 atom stereocenters. The first-order valence-electron chi connectivity index (χ1n) is 6.41. The molecule has 0 aromatic heterocycles. The minimum atomic E-state index is -0.138. The predicted octanol–water partition coefficient (Wildman–Crippen LogP) is 2.13. The van der Waals surface area contributed by atoms with Crippen molar-refractivity contribution in [1.29, 1.82) is 0 Å². The van der Waals surface area contributed by atoms with Crippen molar-refractivity contribution in [2.24, 2.45) is 0 Å². The van der Waals surface area contributed by atoms with Crippen LogP contribution in [0.15, 0.2) is 24.3 Å². The molecule has 1 aromatic rings. The van der Waals surface area contributed by atoms with Crippen LogP contribution >= 0.6 is 11.6 Å². The van der Waals surface area contributed by atoms with Gasteiger partial charge in [-0.3, -0.25) is 0 Å². The van der Waals surface area contributed by atoms with Gasteiger partial charge in [0.2, 0.25) is 0 Å². The summed E-state index contributed by atoms with van der Waals surface area (Å²) in [5.74, 6) is 0. The second kappa shape index (κ2) is 8.02. The molecule has 19 heavy (non-hydrogen) atoms. The number of likely N-dealkylation sites (N-methyl/N-ethyl adjacent to an activating group) is 1. The molecule has 0 aliphatic heterocycles. The molecule has 0 spiro atoms. The van der Waals surface area contributed by atoms with Gasteiger partial charge in [0.25, 0.3) is 0 Å². The maximum absolute atomic E-state index is 11.6. The molecule has 0 radical (unpaired) electrons. The maximum atomic E-state index is 11.6. The van der Waals surface area contributed by atoms with Crippen molar-refractivity contribution in [2.45, 2.75) is 19.4 Å². The normalized spacial score (nSPS) is 12.3. The van der Waals surface area contributed by atoms with Crippen molar-refractivity contribution >= 4 is 17.6 Å². The van der Waals surface area contributed by atoms with Crippen LogP contribution in [0.4, 0.5) is 4.79 Å². The molecule has 2 N–H and O–H groups in total. The summed E-state index contributed by atoms with van der Waals surface area (Å²) in [7, 11) is 3.94. The standard InChI is InChI=1S/C14H22ClN3O/c1-11(10-12-6-4-5-7-13(12)15)17-14(19)16-8-9-18(2)3/h4-7,11H,8-10H2,1-3H3,(H2,16,17,19). The Balaban J connectivity index is 2.33. The van der Waals surface area contributed by atoms with Gasteiger partial charge in [0.1, 0.15) is 0 Å². The molecule has 2 amide bonds. The van der Waals surface area contributed by atoms with E-state index in [0.717, 1.165) is 23.6 Å². The number of benzene rings is 1. The number of carbonyl (C=O) groups excluding carboxylic acids is 1. The first-order chi connectivity index (χ1) is 8.99. The molecule has 4 nitrogen and oxygen atoms in total. The number of hydrogen-bond donors (Lipinski definition) is 2. The third-order valence-electron chi connectivity index (χ3n) is 2.71. The molecular weight excluding hydrogens is 262 g/mol. The van der Waals surface area contributed by atoms with Gasteiger partial charge >= 0.3 is 6.03 Å². The van der Waals surface area contributed by atoms with Gasteiger partial charge in [-0.2, -0.15) is 0 Å². The van der Waals surface area contributed by atoms with Crippen LogP contribution in [0.1, 0.15) is 12.5 Å². The monoisotopic (exact) mass is 283 g/mol. The first-order valence-corrected chi connectivity index (χ1v) is 6.79. The van der Waals surface area contributed by atoms with Crippen LogP contribution in [0.2, 0.25) is 5.02 Å². The average molecular weight is 284 g/mol. The lowest BCUT2D eigenvalue weighted by Gasteiger charge is -2.16. The fourth-order valence-corrected chi connectivity index (χ4v) is 1.93. The molecule has 1 rings (SSSR count). The van der Waals surface area contributed by atoms with E-state index in [2.05, 4.69) is 10.6 Å². The van der Waals surface area contributed by atoms with Crippen molar-refractivity contribution in [3.63, 3.8) is 0 Å². The summed E-state index contributed by atoms with van der Waals surface area (Å²) in [6, 6.07) is 7.59. The summed E-state index contributed by atoms with van der Waals surface area (Å²) in [6.45, 7) is 3.43. The first kappa shape index (κ1) is 15.8. The molecule has 0 saturated carbocycles. The highest BCUT2D eigenvalue weighted by molar-refractivity contribution is 6.31. The largest absolute Gasteiger partial charge is 0.337 e. The molecule has 1 unspecified atom stereocenters. The number of nitrogens with one attached hydrogen (secondary N) is 2. The Bertz CT molecular complexity index is 409. The van der Waals surface area contributed by atoms with Crippen LogP contribution in [-0.2, 0) is 6.42 Å². The second-order valence-electron chi connectivity index (χ2n) is 4.90. The summed E-state index contributed by atoms with van der Waals surface area (Å²) in [6.07, 6.45) is 0.723. The summed E-state index contributed by atoms with van der Waals surface area (Å²) in [5.41, 5.74) is 1.05. The molecule has 1 aromatic carbocycles. The van der Waals surface area contributed by atoms with Gasteiger partial charge in [0.15, 0.2) is 0 Å². The summed E-state index contributed by atoms with van der Waals surface area (Å²) in [4.78, 5) is 13.7. The average Bonchev–Trinajstić information content (AvgIpc) is 2.31. The topological polar surface area (TPSA) is 44.4 Å². The third kappa shape index (κ3) is 6.45. The van der Waals surface area contributed by atoms with Crippen molar-refractivity contribution in [1.82, 2.24) is 15.5 Å². The highest BCUT2D eigenvalue weighted by Crippen LogP contribution is 2.16. The van der Waals surface area contributed by atoms with E-state index in [1.54, 1.807) is 0 Å². The van der Waals surface area contributed by atoms with E-state index in [1.807, 2.05) is 50.2 Å². The van der Waals surface area contributed by atoms with Crippen LogP contribution in [0.25, 0.3) is 0 Å². The molecular formula is C14H22ClN3O. The Labute approximate surface area is 120 Å². The van der Waals surface area contributed by atoms with Gasteiger partial charge in [0.05, 0.1) is 0 Å². The Kier molecular flexibility index (Phi) is 6.67. The van der Waals surface area contributed by atoms with Crippen molar-refractivity contribution in [3.8, 4) is 0 Å². The Morgan fingerprint density at radius 2 is 2.05 bits per heavy atom. The minimum Gasteiger partial charge on any atom is -0.337 e. The fraction of sp³-hybridized carbons (Fsp3) is 0.500.